The smallest absolute Gasteiger partial charge is 0.0334 e. The molecule has 0 N–H and O–H groups in total. The van der Waals surface area contributed by atoms with E-state index >= 15 is 0 Å². The standard InChI is InChI=1S/C12H22/c1-8(2)12-9(3)4-7-11(12)10-5-6-10/h8-12H,4-7H2,1-3H3. The van der Waals surface area contributed by atoms with E-state index < -0.39 is 0 Å². The summed E-state index contributed by atoms with van der Waals surface area (Å²) in [6.45, 7) is 7.30. The van der Waals surface area contributed by atoms with Gasteiger partial charge < -0.3 is 0 Å². The van der Waals surface area contributed by atoms with Crippen molar-refractivity contribution in [3.63, 3.8) is 0 Å². The van der Waals surface area contributed by atoms with Crippen molar-refractivity contribution in [3.8, 4) is 0 Å². The Hall–Kier alpha value is 0. The largest absolute Gasteiger partial charge is 0.0625 e. The lowest BCUT2D eigenvalue weighted by Crippen LogP contribution is -2.20. The molecule has 0 amide bonds. The van der Waals surface area contributed by atoms with Gasteiger partial charge in [0, 0.05) is 0 Å². The van der Waals surface area contributed by atoms with Gasteiger partial charge in [-0.25, -0.2) is 0 Å². The second-order valence-electron chi connectivity index (χ2n) is 5.38. The van der Waals surface area contributed by atoms with Gasteiger partial charge in [0.25, 0.3) is 0 Å². The van der Waals surface area contributed by atoms with Crippen LogP contribution in [-0.2, 0) is 0 Å². The van der Waals surface area contributed by atoms with Gasteiger partial charge in [0.05, 0.1) is 0 Å². The van der Waals surface area contributed by atoms with Gasteiger partial charge in [-0.15, -0.1) is 0 Å². The van der Waals surface area contributed by atoms with Crippen molar-refractivity contribution < 1.29 is 0 Å². The second-order valence-corrected chi connectivity index (χ2v) is 5.38. The highest BCUT2D eigenvalue weighted by atomic mass is 14.5. The van der Waals surface area contributed by atoms with Crippen LogP contribution in [0.2, 0.25) is 0 Å². The maximum atomic E-state index is 2.47. The zero-order valence-corrected chi connectivity index (χ0v) is 8.72. The molecular formula is C12H22. The summed E-state index contributed by atoms with van der Waals surface area (Å²) in [4.78, 5) is 0. The Bertz CT molecular complexity index is 155. The van der Waals surface area contributed by atoms with Gasteiger partial charge in [-0.2, -0.15) is 0 Å². The minimum absolute atomic E-state index is 0.924. The van der Waals surface area contributed by atoms with Crippen LogP contribution < -0.4 is 0 Å². The first-order valence-electron chi connectivity index (χ1n) is 5.70. The van der Waals surface area contributed by atoms with Crippen LogP contribution in [0.4, 0.5) is 0 Å². The van der Waals surface area contributed by atoms with Crippen LogP contribution in [0.1, 0.15) is 46.5 Å². The molecule has 0 aromatic rings. The van der Waals surface area contributed by atoms with Crippen LogP contribution in [-0.4, -0.2) is 0 Å². The highest BCUT2D eigenvalue weighted by molar-refractivity contribution is 4.93. The molecule has 3 atom stereocenters. The number of hydrogen-bond acceptors (Lipinski definition) is 0. The summed E-state index contributed by atoms with van der Waals surface area (Å²) >= 11 is 0. The Morgan fingerprint density at radius 3 is 2.17 bits per heavy atom. The first-order valence-corrected chi connectivity index (χ1v) is 5.70. The summed E-state index contributed by atoms with van der Waals surface area (Å²) in [7, 11) is 0. The molecule has 0 aliphatic heterocycles. The molecule has 0 bridgehead atoms. The maximum absolute atomic E-state index is 2.47. The predicted octanol–water partition coefficient (Wildman–Crippen LogP) is 3.71. The predicted molar refractivity (Wildman–Crippen MR) is 52.9 cm³/mol. The van der Waals surface area contributed by atoms with Crippen LogP contribution in [0, 0.1) is 29.6 Å². The summed E-state index contributed by atoms with van der Waals surface area (Å²) in [5.41, 5.74) is 0. The first-order chi connectivity index (χ1) is 5.70. The van der Waals surface area contributed by atoms with Crippen molar-refractivity contribution in [1.29, 1.82) is 0 Å². The fourth-order valence-electron chi connectivity index (χ4n) is 3.49. The fourth-order valence-corrected chi connectivity index (χ4v) is 3.49. The summed E-state index contributed by atoms with van der Waals surface area (Å²) in [6.07, 6.45) is 6.12. The van der Waals surface area contributed by atoms with E-state index in [0.717, 1.165) is 29.6 Å². The van der Waals surface area contributed by atoms with Gasteiger partial charge in [-0.1, -0.05) is 27.2 Å². The molecule has 2 rings (SSSR count). The molecule has 12 heavy (non-hydrogen) atoms. The lowest BCUT2D eigenvalue weighted by atomic mass is 9.79. The van der Waals surface area contributed by atoms with Crippen molar-refractivity contribution in [3.05, 3.63) is 0 Å². The summed E-state index contributed by atoms with van der Waals surface area (Å²) in [5.74, 6) is 5.24. The molecule has 0 aromatic carbocycles. The molecule has 2 saturated carbocycles. The van der Waals surface area contributed by atoms with Crippen molar-refractivity contribution in [2.24, 2.45) is 29.6 Å². The third kappa shape index (κ3) is 1.41. The molecule has 0 radical (unpaired) electrons. The highest BCUT2D eigenvalue weighted by Crippen LogP contribution is 2.52. The normalized spacial score (nSPS) is 42.5. The van der Waals surface area contributed by atoms with Crippen molar-refractivity contribution in [2.45, 2.75) is 46.5 Å². The molecule has 0 spiro atoms. The highest BCUT2D eigenvalue weighted by Gasteiger charge is 2.43. The van der Waals surface area contributed by atoms with Crippen LogP contribution in [0.3, 0.4) is 0 Å². The number of hydrogen-bond donors (Lipinski definition) is 0. The third-order valence-electron chi connectivity index (χ3n) is 4.10. The van der Waals surface area contributed by atoms with Gasteiger partial charge in [0.1, 0.15) is 0 Å². The first kappa shape index (κ1) is 8.59. The van der Waals surface area contributed by atoms with Crippen LogP contribution in [0.15, 0.2) is 0 Å². The van der Waals surface area contributed by atoms with Crippen molar-refractivity contribution in [2.75, 3.05) is 0 Å². The van der Waals surface area contributed by atoms with E-state index in [-0.39, 0.29) is 0 Å². The molecule has 0 heteroatoms. The van der Waals surface area contributed by atoms with E-state index in [0.29, 0.717) is 0 Å². The lowest BCUT2D eigenvalue weighted by molar-refractivity contribution is 0.222. The van der Waals surface area contributed by atoms with Gasteiger partial charge in [-0.3, -0.25) is 0 Å². The molecule has 3 unspecified atom stereocenters. The van der Waals surface area contributed by atoms with Gasteiger partial charge >= 0.3 is 0 Å². The fraction of sp³-hybridized carbons (Fsp3) is 1.00. The molecule has 0 nitrogen and oxygen atoms in total. The lowest BCUT2D eigenvalue weighted by Gasteiger charge is -2.26. The zero-order valence-electron chi connectivity index (χ0n) is 8.72. The van der Waals surface area contributed by atoms with E-state index in [4.69, 9.17) is 0 Å². The van der Waals surface area contributed by atoms with Crippen LogP contribution in [0.5, 0.6) is 0 Å². The molecule has 0 heterocycles. The van der Waals surface area contributed by atoms with E-state index in [2.05, 4.69) is 20.8 Å². The van der Waals surface area contributed by atoms with E-state index in [1.54, 1.807) is 12.8 Å². The Morgan fingerprint density at radius 2 is 1.67 bits per heavy atom. The Labute approximate surface area is 76.7 Å². The van der Waals surface area contributed by atoms with Gasteiger partial charge in [0.15, 0.2) is 0 Å². The third-order valence-corrected chi connectivity index (χ3v) is 4.10. The minimum Gasteiger partial charge on any atom is -0.0625 e. The molecule has 70 valence electrons. The van der Waals surface area contributed by atoms with Crippen LogP contribution in [0.25, 0.3) is 0 Å². The van der Waals surface area contributed by atoms with Crippen molar-refractivity contribution in [1.82, 2.24) is 0 Å². The average Bonchev–Trinajstić information content (AvgIpc) is 2.75. The molecule has 0 aromatic heterocycles. The molecule has 0 saturated heterocycles. The van der Waals surface area contributed by atoms with Crippen LogP contribution >= 0.6 is 0 Å². The Morgan fingerprint density at radius 1 is 1.00 bits per heavy atom. The summed E-state index contributed by atoms with van der Waals surface area (Å²) < 4.78 is 0. The van der Waals surface area contributed by atoms with Crippen molar-refractivity contribution >= 4 is 0 Å². The van der Waals surface area contributed by atoms with E-state index in [1.807, 2.05) is 0 Å². The topological polar surface area (TPSA) is 0 Å². The van der Waals surface area contributed by atoms with Gasteiger partial charge in [-0.05, 0) is 48.9 Å². The summed E-state index contributed by atoms with van der Waals surface area (Å²) in [5, 5.41) is 0. The average molecular weight is 166 g/mol. The number of rotatable bonds is 2. The Kier molecular flexibility index (Phi) is 2.18. The Balaban J connectivity index is 2.03. The summed E-state index contributed by atoms with van der Waals surface area (Å²) in [6, 6.07) is 0. The molecule has 2 aliphatic carbocycles. The maximum Gasteiger partial charge on any atom is -0.0334 e. The molecule has 2 fully saturated rings. The SMILES string of the molecule is CC(C)C1C(C)CCC1C1CC1. The second kappa shape index (κ2) is 3.05. The minimum atomic E-state index is 0.924. The monoisotopic (exact) mass is 166 g/mol. The molecule has 2 aliphatic rings. The zero-order chi connectivity index (χ0) is 8.72. The molecular weight excluding hydrogens is 144 g/mol. The van der Waals surface area contributed by atoms with E-state index in [1.165, 1.54) is 12.8 Å². The van der Waals surface area contributed by atoms with E-state index in [9.17, 15) is 0 Å². The quantitative estimate of drug-likeness (QED) is 0.586. The van der Waals surface area contributed by atoms with Gasteiger partial charge in [0.2, 0.25) is 0 Å².